The standard InChI is InChI=1S/C6H11N2.C3H6O3S/c1-6-7(2)4-5-8(6)3;1-2-3-7(4,5)6/h4-5H,1-3H3;2H,1,3H2,(H,4,5,6)/q+1;/p-1. The molecule has 15 heavy (non-hydrogen) atoms. The summed E-state index contributed by atoms with van der Waals surface area (Å²) >= 11 is 0. The highest BCUT2D eigenvalue weighted by atomic mass is 32.2. The lowest BCUT2D eigenvalue weighted by Crippen LogP contribution is -2.29. The minimum atomic E-state index is -4.04. The van der Waals surface area contributed by atoms with Crippen LogP contribution in [0.3, 0.4) is 0 Å². The molecule has 0 amide bonds. The summed E-state index contributed by atoms with van der Waals surface area (Å²) in [7, 11) is 0.0318. The Morgan fingerprint density at radius 2 is 2.20 bits per heavy atom. The molecule has 0 saturated heterocycles. The second kappa shape index (κ2) is 5.67. The third-order valence-corrected chi connectivity index (χ3v) is 2.50. The van der Waals surface area contributed by atoms with Gasteiger partial charge in [0.15, 0.2) is 0 Å². The van der Waals surface area contributed by atoms with E-state index in [1.54, 1.807) is 0 Å². The van der Waals surface area contributed by atoms with Crippen molar-refractivity contribution in [3.05, 3.63) is 30.9 Å². The van der Waals surface area contributed by atoms with Gasteiger partial charge in [0.05, 0.1) is 30.0 Å². The molecule has 86 valence electrons. The summed E-state index contributed by atoms with van der Waals surface area (Å²) in [6.07, 6.45) is 5.13. The molecule has 0 atom stereocenters. The van der Waals surface area contributed by atoms with E-state index in [9.17, 15) is 13.0 Å². The molecule has 1 aromatic rings. The van der Waals surface area contributed by atoms with E-state index in [4.69, 9.17) is 0 Å². The molecule has 0 saturated carbocycles. The summed E-state index contributed by atoms with van der Waals surface area (Å²) in [6.45, 7) is 5.15. The highest BCUT2D eigenvalue weighted by Crippen LogP contribution is 1.84. The highest BCUT2D eigenvalue weighted by molar-refractivity contribution is 7.85. The third-order valence-electron chi connectivity index (χ3n) is 1.86. The molecule has 0 aromatic carbocycles. The van der Waals surface area contributed by atoms with E-state index in [0.29, 0.717) is 0 Å². The zero-order valence-corrected chi connectivity index (χ0v) is 9.99. The predicted octanol–water partition coefficient (Wildman–Crippen LogP) is -0.124. The van der Waals surface area contributed by atoms with Crippen molar-refractivity contribution < 1.29 is 17.5 Å². The summed E-state index contributed by atoms with van der Waals surface area (Å²) in [5, 5.41) is 0. The number of aromatic nitrogens is 2. The molecular formula is C9H16N2O3S. The van der Waals surface area contributed by atoms with Crippen LogP contribution in [0, 0.1) is 6.92 Å². The highest BCUT2D eigenvalue weighted by Gasteiger charge is 2.00. The smallest absolute Gasteiger partial charge is 0.252 e. The van der Waals surface area contributed by atoms with Crippen molar-refractivity contribution >= 4 is 10.1 Å². The summed E-state index contributed by atoms with van der Waals surface area (Å²) in [5.41, 5.74) is 0. The first-order valence-corrected chi connectivity index (χ1v) is 5.87. The monoisotopic (exact) mass is 232 g/mol. The Bertz CT molecular complexity index is 401. The second-order valence-corrected chi connectivity index (χ2v) is 4.53. The zero-order chi connectivity index (χ0) is 12.1. The first-order chi connectivity index (χ1) is 6.78. The lowest BCUT2D eigenvalue weighted by atomic mass is 10.7. The van der Waals surface area contributed by atoms with Crippen LogP contribution in [0.1, 0.15) is 5.82 Å². The molecule has 0 bridgehead atoms. The zero-order valence-electron chi connectivity index (χ0n) is 9.17. The summed E-state index contributed by atoms with van der Waals surface area (Å²) < 4.78 is 33.0. The van der Waals surface area contributed by atoms with Gasteiger partial charge >= 0.3 is 0 Å². The van der Waals surface area contributed by atoms with E-state index in [1.165, 1.54) is 5.82 Å². The number of nitrogens with zero attached hydrogens (tertiary/aromatic N) is 2. The van der Waals surface area contributed by atoms with Gasteiger partial charge in [0.2, 0.25) is 0 Å². The maximum Gasteiger partial charge on any atom is 0.252 e. The van der Waals surface area contributed by atoms with Gasteiger partial charge in [0.1, 0.15) is 12.4 Å². The Kier molecular flexibility index (Phi) is 5.24. The average Bonchev–Trinajstić information content (AvgIpc) is 2.35. The molecule has 1 heterocycles. The predicted molar refractivity (Wildman–Crippen MR) is 56.1 cm³/mol. The van der Waals surface area contributed by atoms with Crippen LogP contribution in [0.4, 0.5) is 0 Å². The Hall–Kier alpha value is -1.14. The lowest BCUT2D eigenvalue weighted by molar-refractivity contribution is -0.677. The van der Waals surface area contributed by atoms with Gasteiger partial charge in [-0.15, -0.1) is 6.58 Å². The summed E-state index contributed by atoms with van der Waals surface area (Å²) in [5.74, 6) is 0.789. The van der Waals surface area contributed by atoms with Crippen molar-refractivity contribution in [3.8, 4) is 0 Å². The number of hydrogen-bond acceptors (Lipinski definition) is 3. The van der Waals surface area contributed by atoms with Crippen LogP contribution in [-0.4, -0.2) is 23.3 Å². The molecule has 5 nitrogen and oxygen atoms in total. The van der Waals surface area contributed by atoms with E-state index in [2.05, 4.69) is 22.6 Å². The molecule has 0 unspecified atom stereocenters. The molecule has 0 fully saturated rings. The van der Waals surface area contributed by atoms with Gasteiger partial charge in [0, 0.05) is 6.92 Å². The van der Waals surface area contributed by atoms with Crippen LogP contribution in [0.15, 0.2) is 25.0 Å². The van der Waals surface area contributed by atoms with Crippen molar-refractivity contribution in [1.29, 1.82) is 0 Å². The summed E-state index contributed by atoms with van der Waals surface area (Å²) in [6, 6.07) is 0. The number of hydrogen-bond donors (Lipinski definition) is 0. The van der Waals surface area contributed by atoms with Gasteiger partial charge < -0.3 is 4.55 Å². The van der Waals surface area contributed by atoms with Crippen LogP contribution in [-0.2, 0) is 24.2 Å². The molecule has 6 heteroatoms. The average molecular weight is 232 g/mol. The van der Waals surface area contributed by atoms with Crippen molar-refractivity contribution in [3.63, 3.8) is 0 Å². The van der Waals surface area contributed by atoms with Crippen molar-refractivity contribution in [1.82, 2.24) is 4.57 Å². The molecule has 1 rings (SSSR count). The number of aryl methyl sites for hydroxylation is 2. The topological polar surface area (TPSA) is 66.0 Å². The maximum atomic E-state index is 9.60. The van der Waals surface area contributed by atoms with Crippen molar-refractivity contribution in [2.45, 2.75) is 6.92 Å². The van der Waals surface area contributed by atoms with Crippen molar-refractivity contribution in [2.24, 2.45) is 14.1 Å². The number of imidazole rings is 1. The molecule has 0 aliphatic rings. The number of rotatable bonds is 2. The van der Waals surface area contributed by atoms with Crippen molar-refractivity contribution in [2.75, 3.05) is 5.75 Å². The molecular weight excluding hydrogens is 216 g/mol. The third kappa shape index (κ3) is 6.03. The van der Waals surface area contributed by atoms with Gasteiger partial charge in [-0.05, 0) is 0 Å². The van der Waals surface area contributed by atoms with Crippen LogP contribution < -0.4 is 4.57 Å². The Balaban J connectivity index is 0.000000265. The molecule has 0 radical (unpaired) electrons. The minimum absolute atomic E-state index is 0.479. The van der Waals surface area contributed by atoms with E-state index in [0.717, 1.165) is 6.08 Å². The van der Waals surface area contributed by atoms with Gasteiger partial charge in [-0.25, -0.2) is 17.6 Å². The minimum Gasteiger partial charge on any atom is -0.748 e. The first-order valence-electron chi connectivity index (χ1n) is 4.30. The quantitative estimate of drug-likeness (QED) is 0.405. The van der Waals surface area contributed by atoms with E-state index in [1.807, 2.05) is 26.5 Å². The van der Waals surface area contributed by atoms with E-state index < -0.39 is 15.9 Å². The van der Waals surface area contributed by atoms with E-state index in [-0.39, 0.29) is 0 Å². The van der Waals surface area contributed by atoms with Gasteiger partial charge in [-0.2, -0.15) is 0 Å². The molecule has 0 aliphatic heterocycles. The van der Waals surface area contributed by atoms with Gasteiger partial charge in [-0.1, -0.05) is 6.08 Å². The SMILES string of the molecule is C=CCS(=O)(=O)[O-].Cc1n(C)cc[n+]1C. The van der Waals surface area contributed by atoms with E-state index >= 15 is 0 Å². The Morgan fingerprint density at radius 1 is 1.67 bits per heavy atom. The van der Waals surface area contributed by atoms with Crippen LogP contribution in [0.25, 0.3) is 0 Å². The molecule has 0 aliphatic carbocycles. The molecule has 1 aromatic heterocycles. The maximum absolute atomic E-state index is 9.60. The molecule has 0 N–H and O–H groups in total. The van der Waals surface area contributed by atoms with Crippen LogP contribution in [0.2, 0.25) is 0 Å². The van der Waals surface area contributed by atoms with Crippen LogP contribution in [0.5, 0.6) is 0 Å². The first kappa shape index (κ1) is 13.9. The van der Waals surface area contributed by atoms with Gasteiger partial charge in [-0.3, -0.25) is 0 Å². The fourth-order valence-corrected chi connectivity index (χ4v) is 1.10. The fourth-order valence-electron chi connectivity index (χ4n) is 0.809. The molecule has 0 spiro atoms. The fraction of sp³-hybridized carbons (Fsp3) is 0.444. The Labute approximate surface area is 90.4 Å². The van der Waals surface area contributed by atoms with Gasteiger partial charge in [0.25, 0.3) is 5.82 Å². The second-order valence-electron chi connectivity index (χ2n) is 3.08. The largest absolute Gasteiger partial charge is 0.748 e. The van der Waals surface area contributed by atoms with Crippen LogP contribution >= 0.6 is 0 Å². The lowest BCUT2D eigenvalue weighted by Gasteiger charge is -1.98. The normalized spacial score (nSPS) is 10.4. The summed E-state index contributed by atoms with van der Waals surface area (Å²) in [4.78, 5) is 0. The Morgan fingerprint density at radius 3 is 2.27 bits per heavy atom.